The number of aliphatic hydroxyl groups is 1. The van der Waals surface area contributed by atoms with Crippen LogP contribution in [-0.4, -0.2) is 47.5 Å². The van der Waals surface area contributed by atoms with Crippen molar-refractivity contribution >= 4 is 11.8 Å². The third-order valence-electron chi connectivity index (χ3n) is 3.88. The first kappa shape index (κ1) is 13.7. The molecule has 2 aliphatic heterocycles. The summed E-state index contributed by atoms with van der Waals surface area (Å²) in [5, 5.41) is 13.1. The molecule has 2 rings (SSSR count). The number of likely N-dealkylation sites (tertiary alicyclic amines) is 1. The number of nitrogens with zero attached hydrogens (tertiary/aromatic N) is 1. The minimum Gasteiger partial charge on any atom is -0.365 e. The Kier molecular flexibility index (Phi) is 6.12. The third-order valence-corrected chi connectivity index (χ3v) is 5.11. The summed E-state index contributed by atoms with van der Waals surface area (Å²) in [5.74, 6) is 3.73. The molecule has 2 aliphatic rings. The number of unbranched alkanes of at least 4 members (excludes halogenated alkanes) is 1. The highest BCUT2D eigenvalue weighted by Gasteiger charge is 2.18. The van der Waals surface area contributed by atoms with Gasteiger partial charge in [0.15, 0.2) is 6.35 Å². The molecule has 0 aliphatic carbocycles. The highest BCUT2D eigenvalue weighted by atomic mass is 32.2. The van der Waals surface area contributed by atoms with Crippen molar-refractivity contribution < 1.29 is 5.11 Å². The van der Waals surface area contributed by atoms with E-state index in [1.54, 1.807) is 0 Å². The van der Waals surface area contributed by atoms with Crippen LogP contribution in [0.25, 0.3) is 0 Å². The van der Waals surface area contributed by atoms with Crippen LogP contribution in [-0.2, 0) is 0 Å². The van der Waals surface area contributed by atoms with Crippen LogP contribution < -0.4 is 5.32 Å². The lowest BCUT2D eigenvalue weighted by Crippen LogP contribution is -2.44. The fraction of sp³-hybridized carbons (Fsp3) is 1.00. The SMILES string of the molecule is OC(NCCCCC1CCSC1)N1CCCC1. The molecule has 0 aromatic rings. The number of hydrogen-bond donors (Lipinski definition) is 2. The van der Waals surface area contributed by atoms with Crippen LogP contribution in [0.1, 0.15) is 38.5 Å². The van der Waals surface area contributed by atoms with Gasteiger partial charge in [-0.15, -0.1) is 0 Å². The summed E-state index contributed by atoms with van der Waals surface area (Å²) in [6.45, 7) is 3.05. The predicted octanol–water partition coefficient (Wildman–Crippen LogP) is 1.87. The number of aliphatic hydroxyl groups excluding tert-OH is 1. The Bertz CT molecular complexity index is 204. The first-order chi connectivity index (χ1) is 8.36. The van der Waals surface area contributed by atoms with Crippen LogP contribution >= 0.6 is 11.8 Å². The van der Waals surface area contributed by atoms with E-state index in [0.29, 0.717) is 0 Å². The molecular formula is C13H26N2OS. The van der Waals surface area contributed by atoms with Gasteiger partial charge in [-0.2, -0.15) is 11.8 Å². The molecule has 2 atom stereocenters. The Morgan fingerprint density at radius 3 is 2.82 bits per heavy atom. The van der Waals surface area contributed by atoms with Gasteiger partial charge in [0.2, 0.25) is 0 Å². The van der Waals surface area contributed by atoms with E-state index in [4.69, 9.17) is 0 Å². The molecule has 2 N–H and O–H groups in total. The normalized spacial score (nSPS) is 27.7. The number of hydrogen-bond acceptors (Lipinski definition) is 4. The Hall–Kier alpha value is 0.230. The zero-order valence-electron chi connectivity index (χ0n) is 10.7. The van der Waals surface area contributed by atoms with E-state index < -0.39 is 6.35 Å². The zero-order valence-corrected chi connectivity index (χ0v) is 11.6. The quantitative estimate of drug-likeness (QED) is 0.540. The van der Waals surface area contributed by atoms with Gasteiger partial charge in [0.1, 0.15) is 0 Å². The van der Waals surface area contributed by atoms with E-state index in [1.165, 1.54) is 50.0 Å². The maximum atomic E-state index is 9.87. The topological polar surface area (TPSA) is 35.5 Å². The maximum Gasteiger partial charge on any atom is 0.163 e. The minimum atomic E-state index is -0.403. The minimum absolute atomic E-state index is 0.403. The molecule has 0 radical (unpaired) electrons. The van der Waals surface area contributed by atoms with E-state index in [9.17, 15) is 5.11 Å². The van der Waals surface area contributed by atoms with Crippen LogP contribution in [0, 0.1) is 5.92 Å². The summed E-state index contributed by atoms with van der Waals surface area (Å²) in [5.41, 5.74) is 0. The molecule has 0 spiro atoms. The van der Waals surface area contributed by atoms with E-state index >= 15 is 0 Å². The van der Waals surface area contributed by atoms with Crippen LogP contribution in [0.4, 0.5) is 0 Å². The van der Waals surface area contributed by atoms with Gasteiger partial charge >= 0.3 is 0 Å². The average molecular weight is 258 g/mol. The van der Waals surface area contributed by atoms with E-state index in [-0.39, 0.29) is 0 Å². The van der Waals surface area contributed by atoms with Crippen LogP contribution in [0.15, 0.2) is 0 Å². The van der Waals surface area contributed by atoms with Gasteiger partial charge in [-0.1, -0.05) is 6.42 Å². The van der Waals surface area contributed by atoms with E-state index in [1.807, 2.05) is 0 Å². The van der Waals surface area contributed by atoms with Gasteiger partial charge in [-0.05, 0) is 56.1 Å². The number of nitrogens with one attached hydrogen (secondary N) is 1. The maximum absolute atomic E-state index is 9.87. The van der Waals surface area contributed by atoms with Gasteiger partial charge in [0.25, 0.3) is 0 Å². The predicted molar refractivity (Wildman–Crippen MR) is 74.1 cm³/mol. The highest BCUT2D eigenvalue weighted by molar-refractivity contribution is 7.99. The molecule has 0 amide bonds. The van der Waals surface area contributed by atoms with Crippen molar-refractivity contribution in [3.63, 3.8) is 0 Å². The number of thioether (sulfide) groups is 1. The van der Waals surface area contributed by atoms with Crippen LogP contribution in [0.2, 0.25) is 0 Å². The van der Waals surface area contributed by atoms with Crippen molar-refractivity contribution in [2.45, 2.75) is 44.9 Å². The van der Waals surface area contributed by atoms with Crippen molar-refractivity contribution in [3.8, 4) is 0 Å². The molecule has 0 bridgehead atoms. The van der Waals surface area contributed by atoms with Crippen molar-refractivity contribution in [1.82, 2.24) is 10.2 Å². The highest BCUT2D eigenvalue weighted by Crippen LogP contribution is 2.27. The van der Waals surface area contributed by atoms with Gasteiger partial charge in [-0.25, -0.2) is 0 Å². The summed E-state index contributed by atoms with van der Waals surface area (Å²) in [6.07, 6.45) is 7.38. The fourth-order valence-electron chi connectivity index (χ4n) is 2.72. The second-order valence-electron chi connectivity index (χ2n) is 5.30. The Balaban J connectivity index is 1.45. The molecule has 2 saturated heterocycles. The standard InChI is InChI=1S/C13H26N2OS/c16-13(15-8-3-4-9-15)14-7-2-1-5-12-6-10-17-11-12/h12-14,16H,1-11H2. The lowest BCUT2D eigenvalue weighted by atomic mass is 10.0. The molecule has 0 aromatic heterocycles. The number of rotatable bonds is 7. The first-order valence-electron chi connectivity index (χ1n) is 7.09. The monoisotopic (exact) mass is 258 g/mol. The van der Waals surface area contributed by atoms with Crippen LogP contribution in [0.3, 0.4) is 0 Å². The van der Waals surface area contributed by atoms with Crippen molar-refractivity contribution in [2.24, 2.45) is 5.92 Å². The summed E-state index contributed by atoms with van der Waals surface area (Å²) in [7, 11) is 0. The molecule has 2 fully saturated rings. The molecule has 2 unspecified atom stereocenters. The van der Waals surface area contributed by atoms with Crippen molar-refractivity contribution in [2.75, 3.05) is 31.1 Å². The lowest BCUT2D eigenvalue weighted by Gasteiger charge is -2.23. The van der Waals surface area contributed by atoms with Crippen LogP contribution in [0.5, 0.6) is 0 Å². The third kappa shape index (κ3) is 4.78. The zero-order chi connectivity index (χ0) is 11.9. The van der Waals surface area contributed by atoms with Gasteiger partial charge in [0, 0.05) is 13.1 Å². The van der Waals surface area contributed by atoms with E-state index in [2.05, 4.69) is 22.0 Å². The summed E-state index contributed by atoms with van der Waals surface area (Å²) < 4.78 is 0. The molecule has 4 heteroatoms. The largest absolute Gasteiger partial charge is 0.365 e. The van der Waals surface area contributed by atoms with Crippen molar-refractivity contribution in [3.05, 3.63) is 0 Å². The first-order valence-corrected chi connectivity index (χ1v) is 8.25. The fourth-order valence-corrected chi connectivity index (χ4v) is 4.05. The van der Waals surface area contributed by atoms with Gasteiger partial charge < -0.3 is 5.11 Å². The Morgan fingerprint density at radius 1 is 1.29 bits per heavy atom. The molecule has 17 heavy (non-hydrogen) atoms. The summed E-state index contributed by atoms with van der Waals surface area (Å²) in [4.78, 5) is 2.13. The van der Waals surface area contributed by atoms with Crippen molar-refractivity contribution in [1.29, 1.82) is 0 Å². The van der Waals surface area contributed by atoms with Gasteiger partial charge in [-0.3, -0.25) is 10.2 Å². The second-order valence-corrected chi connectivity index (χ2v) is 6.45. The Morgan fingerprint density at radius 2 is 2.12 bits per heavy atom. The van der Waals surface area contributed by atoms with Gasteiger partial charge in [0.05, 0.1) is 0 Å². The molecule has 3 nitrogen and oxygen atoms in total. The molecular weight excluding hydrogens is 232 g/mol. The Labute approximate surface area is 109 Å². The molecule has 2 heterocycles. The summed E-state index contributed by atoms with van der Waals surface area (Å²) in [6, 6.07) is 0. The second kappa shape index (κ2) is 7.62. The average Bonchev–Trinajstić information content (AvgIpc) is 3.01. The lowest BCUT2D eigenvalue weighted by molar-refractivity contribution is -0.00703. The molecule has 0 saturated carbocycles. The van der Waals surface area contributed by atoms with E-state index in [0.717, 1.165) is 25.6 Å². The molecule has 0 aromatic carbocycles. The summed E-state index contributed by atoms with van der Waals surface area (Å²) >= 11 is 2.11. The smallest absolute Gasteiger partial charge is 0.163 e. The molecule has 100 valence electrons.